The monoisotopic (exact) mass is 437 g/mol. The van der Waals surface area contributed by atoms with Gasteiger partial charge in [0.15, 0.2) is 17.3 Å². The summed E-state index contributed by atoms with van der Waals surface area (Å²) in [4.78, 5) is 18.1. The number of nitrogens with zero attached hydrogens (tertiary/aromatic N) is 2. The average Bonchev–Trinajstić information content (AvgIpc) is 3.35. The van der Waals surface area contributed by atoms with Gasteiger partial charge in [-0.3, -0.25) is 4.79 Å². The average molecular weight is 438 g/mol. The number of aryl methyl sites for hydroxylation is 1. The molecular formula is C23H23N3O4S. The molecule has 0 atom stereocenters. The van der Waals surface area contributed by atoms with Gasteiger partial charge in [0, 0.05) is 36.4 Å². The SMILES string of the molecule is Cc1nc(CSc2ccccc2C(=O)Nc2ccc3c(c2)OC2(CCCCC2)O3)no1. The lowest BCUT2D eigenvalue weighted by Crippen LogP contribution is -2.40. The predicted molar refractivity (Wildman–Crippen MR) is 117 cm³/mol. The molecule has 0 saturated heterocycles. The summed E-state index contributed by atoms with van der Waals surface area (Å²) in [5.41, 5.74) is 1.27. The number of hydrogen-bond donors (Lipinski definition) is 1. The fourth-order valence-electron chi connectivity index (χ4n) is 3.99. The molecule has 1 aromatic heterocycles. The number of nitrogens with one attached hydrogen (secondary N) is 1. The van der Waals surface area contributed by atoms with Crippen LogP contribution in [-0.2, 0) is 5.75 Å². The first-order valence-electron chi connectivity index (χ1n) is 10.4. The molecule has 1 N–H and O–H groups in total. The molecule has 3 aromatic rings. The summed E-state index contributed by atoms with van der Waals surface area (Å²) < 4.78 is 17.3. The topological polar surface area (TPSA) is 86.5 Å². The van der Waals surface area contributed by atoms with Crippen molar-refractivity contribution in [2.75, 3.05) is 5.32 Å². The first-order valence-corrected chi connectivity index (χ1v) is 11.4. The minimum Gasteiger partial charge on any atom is -0.448 e. The van der Waals surface area contributed by atoms with E-state index in [4.69, 9.17) is 14.0 Å². The van der Waals surface area contributed by atoms with Gasteiger partial charge >= 0.3 is 0 Å². The van der Waals surface area contributed by atoms with Gasteiger partial charge in [-0.15, -0.1) is 11.8 Å². The van der Waals surface area contributed by atoms with Gasteiger partial charge in [0.2, 0.25) is 5.89 Å². The Bertz CT molecular complexity index is 1110. The molecule has 1 aliphatic heterocycles. The quantitative estimate of drug-likeness (QED) is 0.538. The summed E-state index contributed by atoms with van der Waals surface area (Å²) in [7, 11) is 0. The number of fused-ring (bicyclic) bond motifs is 1. The highest BCUT2D eigenvalue weighted by molar-refractivity contribution is 7.98. The molecule has 0 bridgehead atoms. The maximum Gasteiger partial charge on any atom is 0.256 e. The molecule has 2 heterocycles. The lowest BCUT2D eigenvalue weighted by molar-refractivity contribution is -0.105. The molecule has 1 aliphatic carbocycles. The van der Waals surface area contributed by atoms with Crippen LogP contribution < -0.4 is 14.8 Å². The van der Waals surface area contributed by atoms with Crippen LogP contribution >= 0.6 is 11.8 Å². The van der Waals surface area contributed by atoms with Crippen molar-refractivity contribution in [3.8, 4) is 11.5 Å². The van der Waals surface area contributed by atoms with E-state index in [0.717, 1.165) is 36.3 Å². The third-order valence-corrected chi connectivity index (χ3v) is 6.54. The van der Waals surface area contributed by atoms with E-state index >= 15 is 0 Å². The first-order chi connectivity index (χ1) is 15.1. The van der Waals surface area contributed by atoms with Crippen LogP contribution in [0.1, 0.15) is 54.2 Å². The van der Waals surface area contributed by atoms with Crippen molar-refractivity contribution >= 4 is 23.4 Å². The molecule has 7 nitrogen and oxygen atoms in total. The van der Waals surface area contributed by atoms with Crippen LogP contribution in [0.3, 0.4) is 0 Å². The fourth-order valence-corrected chi connectivity index (χ4v) is 4.88. The standard InChI is InChI=1S/C23H23N3O4S/c1-15-24-21(26-30-15)14-31-20-8-4-3-7-17(20)22(27)25-16-9-10-18-19(13-16)29-23(28-18)11-5-2-6-12-23/h3-4,7-10,13H,2,5-6,11-12,14H2,1H3,(H,25,27). The molecule has 0 radical (unpaired) electrons. The number of rotatable bonds is 5. The van der Waals surface area contributed by atoms with Crippen molar-refractivity contribution in [2.24, 2.45) is 0 Å². The Kier molecular flexibility index (Phi) is 5.31. The maximum atomic E-state index is 13.0. The van der Waals surface area contributed by atoms with Crippen molar-refractivity contribution in [2.45, 2.75) is 55.5 Å². The third kappa shape index (κ3) is 4.25. The number of carbonyl (C=O) groups excluding carboxylic acids is 1. The highest BCUT2D eigenvalue weighted by atomic mass is 32.2. The highest BCUT2D eigenvalue weighted by Crippen LogP contribution is 2.46. The van der Waals surface area contributed by atoms with Gasteiger partial charge in [-0.1, -0.05) is 23.7 Å². The van der Waals surface area contributed by atoms with E-state index in [2.05, 4.69) is 15.5 Å². The molecule has 31 heavy (non-hydrogen) atoms. The Morgan fingerprint density at radius 3 is 2.71 bits per heavy atom. The first kappa shape index (κ1) is 19.9. The van der Waals surface area contributed by atoms with E-state index in [1.54, 1.807) is 6.92 Å². The molecule has 8 heteroatoms. The summed E-state index contributed by atoms with van der Waals surface area (Å²) in [5, 5.41) is 6.89. The second kappa shape index (κ2) is 8.26. The van der Waals surface area contributed by atoms with Crippen LogP contribution in [0.25, 0.3) is 0 Å². The number of carbonyl (C=O) groups is 1. The Hall–Kier alpha value is -3.00. The molecule has 5 rings (SSSR count). The minimum absolute atomic E-state index is 0.182. The van der Waals surface area contributed by atoms with Gasteiger partial charge < -0.3 is 19.3 Å². The Labute approximate surface area is 184 Å². The zero-order valence-corrected chi connectivity index (χ0v) is 18.0. The van der Waals surface area contributed by atoms with Gasteiger partial charge in [0.1, 0.15) is 0 Å². The predicted octanol–water partition coefficient (Wildman–Crippen LogP) is 5.35. The van der Waals surface area contributed by atoms with E-state index in [0.29, 0.717) is 34.5 Å². The van der Waals surface area contributed by atoms with Crippen molar-refractivity contribution in [1.29, 1.82) is 0 Å². The second-order valence-corrected chi connectivity index (χ2v) is 8.82. The van der Waals surface area contributed by atoms with Crippen LogP contribution in [0.4, 0.5) is 5.69 Å². The summed E-state index contributed by atoms with van der Waals surface area (Å²) >= 11 is 1.50. The second-order valence-electron chi connectivity index (χ2n) is 7.81. The number of hydrogen-bond acceptors (Lipinski definition) is 7. The number of ether oxygens (including phenoxy) is 2. The highest BCUT2D eigenvalue weighted by Gasteiger charge is 2.42. The van der Waals surface area contributed by atoms with Crippen LogP contribution in [-0.4, -0.2) is 21.8 Å². The molecule has 1 spiro atoms. The fraction of sp³-hybridized carbons (Fsp3) is 0.348. The van der Waals surface area contributed by atoms with Crippen molar-refractivity contribution < 1.29 is 18.8 Å². The molecule has 2 aliphatic rings. The number of amides is 1. The van der Waals surface area contributed by atoms with E-state index < -0.39 is 5.79 Å². The normalized spacial score (nSPS) is 16.4. The molecule has 160 valence electrons. The van der Waals surface area contributed by atoms with Gasteiger partial charge in [-0.2, -0.15) is 4.98 Å². The Morgan fingerprint density at radius 2 is 1.90 bits per heavy atom. The van der Waals surface area contributed by atoms with E-state index in [1.165, 1.54) is 18.2 Å². The van der Waals surface area contributed by atoms with E-state index in [-0.39, 0.29) is 5.91 Å². The van der Waals surface area contributed by atoms with Crippen molar-refractivity contribution in [1.82, 2.24) is 10.1 Å². The molecule has 0 unspecified atom stereocenters. The smallest absolute Gasteiger partial charge is 0.256 e. The Morgan fingerprint density at radius 1 is 1.10 bits per heavy atom. The summed E-state index contributed by atoms with van der Waals surface area (Å²) in [6.45, 7) is 1.75. The van der Waals surface area contributed by atoms with Crippen LogP contribution in [0.2, 0.25) is 0 Å². The third-order valence-electron chi connectivity index (χ3n) is 5.47. The Balaban J connectivity index is 1.29. The van der Waals surface area contributed by atoms with Crippen LogP contribution in [0, 0.1) is 6.92 Å². The lowest BCUT2D eigenvalue weighted by atomic mass is 9.94. The van der Waals surface area contributed by atoms with Crippen LogP contribution in [0.15, 0.2) is 51.9 Å². The summed E-state index contributed by atoms with van der Waals surface area (Å²) in [6.07, 6.45) is 5.22. The maximum absolute atomic E-state index is 13.0. The zero-order valence-electron chi connectivity index (χ0n) is 17.2. The number of benzene rings is 2. The lowest BCUT2D eigenvalue weighted by Gasteiger charge is -2.31. The largest absolute Gasteiger partial charge is 0.448 e. The van der Waals surface area contributed by atoms with Gasteiger partial charge in [0.05, 0.1) is 11.3 Å². The summed E-state index contributed by atoms with van der Waals surface area (Å²) in [6, 6.07) is 13.0. The zero-order chi connectivity index (χ0) is 21.3. The molecule has 2 aromatic carbocycles. The number of thioether (sulfide) groups is 1. The molecule has 1 amide bonds. The van der Waals surface area contributed by atoms with Crippen molar-refractivity contribution in [3.05, 3.63) is 59.7 Å². The van der Waals surface area contributed by atoms with Crippen molar-refractivity contribution in [3.63, 3.8) is 0 Å². The molecule has 1 fully saturated rings. The number of aromatic nitrogens is 2. The van der Waals surface area contributed by atoms with E-state index in [1.807, 2.05) is 42.5 Å². The van der Waals surface area contributed by atoms with Crippen LogP contribution in [0.5, 0.6) is 11.5 Å². The van der Waals surface area contributed by atoms with E-state index in [9.17, 15) is 4.79 Å². The molecular weight excluding hydrogens is 414 g/mol. The summed E-state index contributed by atoms with van der Waals surface area (Å²) in [5.74, 6) is 2.37. The number of anilines is 1. The molecule has 1 saturated carbocycles. The van der Waals surface area contributed by atoms with Gasteiger partial charge in [0.25, 0.3) is 11.7 Å². The van der Waals surface area contributed by atoms with Gasteiger partial charge in [-0.05, 0) is 37.1 Å². The van der Waals surface area contributed by atoms with Gasteiger partial charge in [-0.25, -0.2) is 0 Å². The minimum atomic E-state index is -0.528.